The first-order valence-corrected chi connectivity index (χ1v) is 10.8. The number of anilines is 2. The topological polar surface area (TPSA) is 59.7 Å². The average Bonchev–Trinajstić information content (AvgIpc) is 3.31. The van der Waals surface area contributed by atoms with Crippen LogP contribution in [0.1, 0.15) is 11.1 Å². The molecule has 0 aliphatic carbocycles. The van der Waals surface area contributed by atoms with Gasteiger partial charge in [0.1, 0.15) is 5.02 Å². The summed E-state index contributed by atoms with van der Waals surface area (Å²) in [5, 5.41) is 16.7. The molecular weight excluding hydrogens is 475 g/mol. The molecule has 158 valence electrons. The first-order valence-electron chi connectivity index (χ1n) is 9.27. The smallest absolute Gasteiger partial charge is 0.176 e. The van der Waals surface area contributed by atoms with Crippen LogP contribution in [-0.4, -0.2) is 24.7 Å². The fourth-order valence-corrected chi connectivity index (χ4v) is 3.68. The summed E-state index contributed by atoms with van der Waals surface area (Å²) in [7, 11) is 0. The Morgan fingerprint density at radius 3 is 2.39 bits per heavy atom. The van der Waals surface area contributed by atoms with E-state index in [9.17, 15) is 0 Å². The molecule has 6 nitrogen and oxygen atoms in total. The lowest BCUT2D eigenvalue weighted by Crippen LogP contribution is -2.19. The minimum atomic E-state index is 0.362. The molecule has 2 aromatic heterocycles. The van der Waals surface area contributed by atoms with Crippen molar-refractivity contribution in [3.8, 4) is 0 Å². The van der Waals surface area contributed by atoms with Gasteiger partial charge in [0.2, 0.25) is 0 Å². The van der Waals surface area contributed by atoms with E-state index >= 15 is 0 Å². The van der Waals surface area contributed by atoms with Gasteiger partial charge < -0.3 is 10.6 Å². The highest BCUT2D eigenvalue weighted by Crippen LogP contribution is 2.24. The third-order valence-corrected chi connectivity index (χ3v) is 5.58. The molecule has 4 aromatic rings. The van der Waals surface area contributed by atoms with Gasteiger partial charge in [-0.1, -0.05) is 71.2 Å². The van der Waals surface area contributed by atoms with Gasteiger partial charge in [0.25, 0.3) is 0 Å². The molecule has 0 bridgehead atoms. The summed E-state index contributed by atoms with van der Waals surface area (Å²) < 4.78 is 3.53. The first-order chi connectivity index (χ1) is 15.0. The van der Waals surface area contributed by atoms with Crippen LogP contribution in [0.15, 0.2) is 67.1 Å². The Morgan fingerprint density at radius 2 is 1.61 bits per heavy atom. The zero-order valence-corrected chi connectivity index (χ0v) is 19.2. The second kappa shape index (κ2) is 9.70. The Hall–Kier alpha value is -2.58. The van der Waals surface area contributed by atoms with Crippen LogP contribution >= 0.6 is 47.0 Å². The van der Waals surface area contributed by atoms with E-state index in [0.717, 1.165) is 16.8 Å². The van der Waals surface area contributed by atoms with Crippen molar-refractivity contribution in [2.24, 2.45) is 0 Å². The zero-order valence-electron chi connectivity index (χ0n) is 16.1. The number of aromatic nitrogens is 4. The van der Waals surface area contributed by atoms with Crippen molar-refractivity contribution < 1.29 is 0 Å². The summed E-state index contributed by atoms with van der Waals surface area (Å²) in [6, 6.07) is 15.5. The van der Waals surface area contributed by atoms with Gasteiger partial charge in [-0.2, -0.15) is 10.2 Å². The molecule has 31 heavy (non-hydrogen) atoms. The third kappa shape index (κ3) is 5.77. The maximum atomic E-state index is 6.31. The SMILES string of the molecule is S=C(Nc1cnn(Cc2ccccc2)c1)Nc1nn(Cc2ccc(Cl)c(Cl)c2)cc1Cl. The van der Waals surface area contributed by atoms with E-state index in [2.05, 4.69) is 33.0 Å². The largest absolute Gasteiger partial charge is 0.330 e. The van der Waals surface area contributed by atoms with E-state index in [4.69, 9.17) is 47.0 Å². The van der Waals surface area contributed by atoms with Crippen molar-refractivity contribution in [1.82, 2.24) is 19.6 Å². The fourth-order valence-electron chi connectivity index (χ4n) is 2.94. The first kappa shape index (κ1) is 21.6. The predicted octanol–water partition coefficient (Wildman–Crippen LogP) is 5.95. The molecule has 2 aromatic carbocycles. The summed E-state index contributed by atoms with van der Waals surface area (Å²) >= 11 is 23.7. The molecule has 4 rings (SSSR count). The molecular formula is C21H17Cl3N6S. The van der Waals surface area contributed by atoms with Crippen molar-refractivity contribution in [2.45, 2.75) is 13.1 Å². The maximum absolute atomic E-state index is 6.31. The predicted molar refractivity (Wildman–Crippen MR) is 130 cm³/mol. The van der Waals surface area contributed by atoms with Crippen LogP contribution in [0.4, 0.5) is 11.5 Å². The Balaban J connectivity index is 1.36. The number of nitrogens with one attached hydrogen (secondary N) is 2. The highest BCUT2D eigenvalue weighted by atomic mass is 35.5. The van der Waals surface area contributed by atoms with Crippen molar-refractivity contribution in [2.75, 3.05) is 10.6 Å². The Bertz CT molecular complexity index is 1210. The second-order valence-electron chi connectivity index (χ2n) is 6.76. The van der Waals surface area contributed by atoms with Gasteiger partial charge >= 0.3 is 0 Å². The summed E-state index contributed by atoms with van der Waals surface area (Å²) in [5.74, 6) is 0.455. The van der Waals surface area contributed by atoms with Gasteiger partial charge in [0.15, 0.2) is 10.9 Å². The minimum absolute atomic E-state index is 0.362. The Labute approximate surface area is 199 Å². The molecule has 0 aliphatic heterocycles. The van der Waals surface area contributed by atoms with Crippen LogP contribution in [-0.2, 0) is 13.1 Å². The van der Waals surface area contributed by atoms with Crippen LogP contribution in [0.2, 0.25) is 15.1 Å². The van der Waals surface area contributed by atoms with Crippen molar-refractivity contribution in [3.63, 3.8) is 0 Å². The molecule has 0 amide bonds. The average molecular weight is 492 g/mol. The quantitative estimate of drug-likeness (QED) is 0.327. The number of nitrogens with zero attached hydrogens (tertiary/aromatic N) is 4. The number of thiocarbonyl (C=S) groups is 1. The van der Waals surface area contributed by atoms with Crippen LogP contribution in [0.25, 0.3) is 0 Å². The van der Waals surface area contributed by atoms with Crippen LogP contribution in [0.3, 0.4) is 0 Å². The minimum Gasteiger partial charge on any atom is -0.330 e. The van der Waals surface area contributed by atoms with Gasteiger partial charge in [-0.05, 0) is 35.5 Å². The van der Waals surface area contributed by atoms with E-state index in [-0.39, 0.29) is 0 Å². The molecule has 10 heteroatoms. The highest BCUT2D eigenvalue weighted by molar-refractivity contribution is 7.80. The van der Waals surface area contributed by atoms with Gasteiger partial charge in [-0.25, -0.2) is 0 Å². The molecule has 0 saturated heterocycles. The molecule has 0 radical (unpaired) electrons. The summed E-state index contributed by atoms with van der Waals surface area (Å²) in [4.78, 5) is 0. The maximum Gasteiger partial charge on any atom is 0.176 e. The van der Waals surface area contributed by atoms with Gasteiger partial charge in [-0.15, -0.1) is 0 Å². The Morgan fingerprint density at radius 1 is 0.839 bits per heavy atom. The highest BCUT2D eigenvalue weighted by Gasteiger charge is 2.11. The number of hydrogen-bond donors (Lipinski definition) is 2. The molecule has 2 N–H and O–H groups in total. The fraction of sp³-hybridized carbons (Fsp3) is 0.0952. The standard InChI is InChI=1S/C21H17Cl3N6S/c22-17-7-6-15(8-18(17)23)11-30-13-19(24)20(28-30)27-21(31)26-16-9-25-29(12-16)10-14-4-2-1-3-5-14/h1-9,12-13H,10-11H2,(H2,26,27,28,31). The van der Waals surface area contributed by atoms with Gasteiger partial charge in [-0.3, -0.25) is 9.36 Å². The number of halogens is 3. The van der Waals surface area contributed by atoms with Crippen molar-refractivity contribution in [1.29, 1.82) is 0 Å². The molecule has 0 aliphatic rings. The van der Waals surface area contributed by atoms with Gasteiger partial charge in [0, 0.05) is 12.4 Å². The van der Waals surface area contributed by atoms with E-state index in [1.165, 1.54) is 0 Å². The monoisotopic (exact) mass is 490 g/mol. The molecule has 2 heterocycles. The Kier molecular flexibility index (Phi) is 6.77. The van der Waals surface area contributed by atoms with E-state index in [1.807, 2.05) is 35.1 Å². The lowest BCUT2D eigenvalue weighted by molar-refractivity contribution is 0.687. The van der Waals surface area contributed by atoms with E-state index < -0.39 is 0 Å². The lowest BCUT2D eigenvalue weighted by atomic mass is 10.2. The summed E-state index contributed by atoms with van der Waals surface area (Å²) in [5.41, 5.74) is 2.88. The molecule has 0 unspecified atom stereocenters. The third-order valence-electron chi connectivity index (χ3n) is 4.36. The van der Waals surface area contributed by atoms with Crippen molar-refractivity contribution >= 4 is 63.6 Å². The van der Waals surface area contributed by atoms with Crippen LogP contribution in [0, 0.1) is 0 Å². The van der Waals surface area contributed by atoms with E-state index in [0.29, 0.717) is 39.1 Å². The number of rotatable bonds is 6. The number of benzene rings is 2. The summed E-state index contributed by atoms with van der Waals surface area (Å²) in [6.45, 7) is 1.17. The summed E-state index contributed by atoms with van der Waals surface area (Å²) in [6.07, 6.45) is 5.31. The van der Waals surface area contributed by atoms with Crippen LogP contribution < -0.4 is 10.6 Å². The van der Waals surface area contributed by atoms with Crippen molar-refractivity contribution in [3.05, 3.63) is 93.3 Å². The van der Waals surface area contributed by atoms with E-state index in [1.54, 1.807) is 29.2 Å². The molecule has 0 fully saturated rings. The molecule has 0 spiro atoms. The normalized spacial score (nSPS) is 10.8. The van der Waals surface area contributed by atoms with Crippen LogP contribution in [0.5, 0.6) is 0 Å². The zero-order chi connectivity index (χ0) is 21.8. The molecule has 0 saturated carbocycles. The van der Waals surface area contributed by atoms with Gasteiger partial charge in [0.05, 0.1) is 35.0 Å². The molecule has 0 atom stereocenters. The second-order valence-corrected chi connectivity index (χ2v) is 8.39. The number of hydrogen-bond acceptors (Lipinski definition) is 3. The lowest BCUT2D eigenvalue weighted by Gasteiger charge is -2.07.